The topological polar surface area (TPSA) is 118 Å². The Bertz CT molecular complexity index is 864. The van der Waals surface area contributed by atoms with Gasteiger partial charge < -0.3 is 25.5 Å². The molecule has 0 spiro atoms. The quantitative estimate of drug-likeness (QED) is 0.578. The molecule has 0 amide bonds. The number of rotatable bonds is 2. The minimum Gasteiger partial charge on any atom is -0.510 e. The lowest BCUT2D eigenvalue weighted by molar-refractivity contribution is -0.116. The molecule has 1 unspecified atom stereocenters. The van der Waals surface area contributed by atoms with Crippen molar-refractivity contribution in [3.63, 3.8) is 0 Å². The van der Waals surface area contributed by atoms with Crippen LogP contribution in [-0.2, 0) is 4.79 Å². The molecular formula is C18H16O6. The molecule has 0 aromatic heterocycles. The van der Waals surface area contributed by atoms with Crippen LogP contribution in [0, 0.1) is 13.8 Å². The fourth-order valence-corrected chi connectivity index (χ4v) is 3.04. The first-order chi connectivity index (χ1) is 11.2. The Morgan fingerprint density at radius 2 is 1.17 bits per heavy atom. The Hall–Kier alpha value is -3.15. The number of allylic oxidation sites excluding steroid dienone is 2. The van der Waals surface area contributed by atoms with Gasteiger partial charge in [0.25, 0.3) is 0 Å². The maximum Gasteiger partial charge on any atom is 0.182 e. The van der Waals surface area contributed by atoms with Gasteiger partial charge in [-0.2, -0.15) is 0 Å². The average molecular weight is 328 g/mol. The van der Waals surface area contributed by atoms with Gasteiger partial charge in [0.1, 0.15) is 34.7 Å². The molecule has 1 aliphatic rings. The van der Waals surface area contributed by atoms with Gasteiger partial charge in [-0.3, -0.25) is 4.79 Å². The Kier molecular flexibility index (Phi) is 3.41. The van der Waals surface area contributed by atoms with Crippen LogP contribution in [0.4, 0.5) is 0 Å². The van der Waals surface area contributed by atoms with Gasteiger partial charge in [0, 0.05) is 0 Å². The van der Waals surface area contributed by atoms with Gasteiger partial charge in [0.2, 0.25) is 0 Å². The number of carbonyl (C=O) groups excluding carboxylic acids is 1. The van der Waals surface area contributed by atoms with Crippen molar-refractivity contribution in [3.8, 4) is 23.0 Å². The number of hydrogen-bond donors (Lipinski definition) is 5. The molecule has 0 bridgehead atoms. The van der Waals surface area contributed by atoms with Gasteiger partial charge in [-0.25, -0.2) is 0 Å². The number of aliphatic hydroxyl groups excluding tert-OH is 1. The summed E-state index contributed by atoms with van der Waals surface area (Å²) < 4.78 is 0. The summed E-state index contributed by atoms with van der Waals surface area (Å²) in [5, 5.41) is 50.3. The standard InChI is InChI=1S/C18H16O6/c1-7-3-9(19)13(10(20)4-7)15-17(23)16(18(15)24)14-11(21)5-8(2)6-12(14)22/h3-6,15,19-23H,1-2H3. The van der Waals surface area contributed by atoms with E-state index in [2.05, 4.69) is 0 Å². The number of aromatic hydroxyl groups is 4. The highest BCUT2D eigenvalue weighted by Crippen LogP contribution is 2.51. The minimum absolute atomic E-state index is 0.0991. The van der Waals surface area contributed by atoms with Gasteiger partial charge in [-0.15, -0.1) is 0 Å². The van der Waals surface area contributed by atoms with Crippen LogP contribution in [0.15, 0.2) is 30.0 Å². The lowest BCUT2D eigenvalue weighted by Crippen LogP contribution is -2.28. The normalized spacial score (nSPS) is 17.1. The number of aryl methyl sites for hydroxylation is 2. The summed E-state index contributed by atoms with van der Waals surface area (Å²) in [7, 11) is 0. The van der Waals surface area contributed by atoms with Gasteiger partial charge in [0.15, 0.2) is 5.78 Å². The minimum atomic E-state index is -1.24. The first-order valence-electron chi connectivity index (χ1n) is 7.25. The van der Waals surface area contributed by atoms with Crippen molar-refractivity contribution < 1.29 is 30.3 Å². The molecule has 0 heterocycles. The van der Waals surface area contributed by atoms with Crippen LogP contribution in [-0.4, -0.2) is 31.3 Å². The third-order valence-corrected chi connectivity index (χ3v) is 4.10. The van der Waals surface area contributed by atoms with E-state index in [-0.39, 0.29) is 39.7 Å². The number of hydrogen-bond acceptors (Lipinski definition) is 6. The third kappa shape index (κ3) is 2.15. The van der Waals surface area contributed by atoms with E-state index in [9.17, 15) is 30.3 Å². The third-order valence-electron chi connectivity index (χ3n) is 4.10. The van der Waals surface area contributed by atoms with Crippen molar-refractivity contribution in [2.75, 3.05) is 0 Å². The zero-order valence-electron chi connectivity index (χ0n) is 13.0. The van der Waals surface area contributed by atoms with Gasteiger partial charge >= 0.3 is 0 Å². The number of aliphatic hydroxyl groups is 1. The van der Waals surface area contributed by atoms with Crippen molar-refractivity contribution in [1.29, 1.82) is 0 Å². The van der Waals surface area contributed by atoms with E-state index < -0.39 is 17.5 Å². The number of Topliss-reactive ketones (excluding diaryl/α,β-unsaturated/α-hetero) is 1. The van der Waals surface area contributed by atoms with E-state index in [4.69, 9.17) is 0 Å². The molecule has 0 aliphatic heterocycles. The smallest absolute Gasteiger partial charge is 0.182 e. The number of benzene rings is 2. The van der Waals surface area contributed by atoms with Crippen LogP contribution >= 0.6 is 0 Å². The highest BCUT2D eigenvalue weighted by atomic mass is 16.3. The Morgan fingerprint density at radius 3 is 1.58 bits per heavy atom. The number of phenols is 4. The number of ketones is 1. The molecule has 3 rings (SSSR count). The summed E-state index contributed by atoms with van der Waals surface area (Å²) in [4.78, 5) is 12.5. The number of carbonyl (C=O) groups is 1. The van der Waals surface area contributed by atoms with Crippen LogP contribution in [0.25, 0.3) is 5.57 Å². The molecular weight excluding hydrogens is 312 g/mol. The molecule has 124 valence electrons. The van der Waals surface area contributed by atoms with Crippen LogP contribution < -0.4 is 0 Å². The zero-order chi connectivity index (χ0) is 17.8. The molecule has 0 saturated heterocycles. The Labute approximate surface area is 137 Å². The van der Waals surface area contributed by atoms with Gasteiger partial charge in [-0.05, 0) is 49.2 Å². The van der Waals surface area contributed by atoms with E-state index >= 15 is 0 Å². The molecule has 2 aromatic carbocycles. The van der Waals surface area contributed by atoms with Crippen molar-refractivity contribution in [1.82, 2.24) is 0 Å². The first kappa shape index (κ1) is 15.7. The highest BCUT2D eigenvalue weighted by Gasteiger charge is 2.45. The largest absolute Gasteiger partial charge is 0.510 e. The molecule has 24 heavy (non-hydrogen) atoms. The van der Waals surface area contributed by atoms with Crippen molar-refractivity contribution in [2.45, 2.75) is 19.8 Å². The van der Waals surface area contributed by atoms with E-state index in [0.29, 0.717) is 11.1 Å². The van der Waals surface area contributed by atoms with E-state index in [1.54, 1.807) is 13.8 Å². The summed E-state index contributed by atoms with van der Waals surface area (Å²) in [6, 6.07) is 5.45. The predicted octanol–water partition coefficient (Wildman–Crippen LogP) is 2.76. The average Bonchev–Trinajstić information content (AvgIpc) is 2.46. The molecule has 1 atom stereocenters. The second-order valence-electron chi connectivity index (χ2n) is 5.95. The van der Waals surface area contributed by atoms with Crippen molar-refractivity contribution in [2.24, 2.45) is 0 Å². The molecule has 1 aliphatic carbocycles. The summed E-state index contributed by atoms with van der Waals surface area (Å²) in [6.07, 6.45) is 0. The highest BCUT2D eigenvalue weighted by molar-refractivity contribution is 6.33. The lowest BCUT2D eigenvalue weighted by atomic mass is 9.73. The first-order valence-corrected chi connectivity index (χ1v) is 7.25. The van der Waals surface area contributed by atoms with E-state index in [1.807, 2.05) is 0 Å². The van der Waals surface area contributed by atoms with Crippen LogP contribution in [0.5, 0.6) is 23.0 Å². The van der Waals surface area contributed by atoms with Gasteiger partial charge in [-0.1, -0.05) is 0 Å². The molecule has 5 N–H and O–H groups in total. The molecule has 6 nitrogen and oxygen atoms in total. The molecule has 0 radical (unpaired) electrons. The second-order valence-corrected chi connectivity index (χ2v) is 5.95. The Balaban J connectivity index is 2.15. The Morgan fingerprint density at radius 1 is 0.750 bits per heavy atom. The fourth-order valence-electron chi connectivity index (χ4n) is 3.04. The van der Waals surface area contributed by atoms with E-state index in [1.165, 1.54) is 24.3 Å². The SMILES string of the molecule is Cc1cc(O)c(C2=C(O)C(c3c(O)cc(C)cc3O)C2=O)c(O)c1. The molecule has 0 saturated carbocycles. The van der Waals surface area contributed by atoms with Crippen LogP contribution in [0.1, 0.15) is 28.2 Å². The van der Waals surface area contributed by atoms with E-state index in [0.717, 1.165) is 0 Å². The predicted molar refractivity (Wildman–Crippen MR) is 86.3 cm³/mol. The lowest BCUT2D eigenvalue weighted by Gasteiger charge is -2.30. The van der Waals surface area contributed by atoms with Crippen LogP contribution in [0.2, 0.25) is 0 Å². The molecule has 0 fully saturated rings. The maximum absolute atomic E-state index is 12.5. The summed E-state index contributed by atoms with van der Waals surface area (Å²) >= 11 is 0. The van der Waals surface area contributed by atoms with Crippen LogP contribution in [0.3, 0.4) is 0 Å². The molecule has 6 heteroatoms. The summed E-state index contributed by atoms with van der Waals surface area (Å²) in [5.41, 5.74) is 0.696. The monoisotopic (exact) mass is 328 g/mol. The summed E-state index contributed by atoms with van der Waals surface area (Å²) in [6.45, 7) is 3.32. The summed E-state index contributed by atoms with van der Waals surface area (Å²) in [5.74, 6) is -3.57. The fraction of sp³-hybridized carbons (Fsp3) is 0.167. The molecule has 2 aromatic rings. The zero-order valence-corrected chi connectivity index (χ0v) is 13.0. The van der Waals surface area contributed by atoms with Crippen molar-refractivity contribution >= 4 is 11.4 Å². The van der Waals surface area contributed by atoms with Crippen molar-refractivity contribution in [3.05, 3.63) is 52.3 Å². The second kappa shape index (κ2) is 5.19. The van der Waals surface area contributed by atoms with Gasteiger partial charge in [0.05, 0.1) is 16.7 Å². The maximum atomic E-state index is 12.5. The number of phenolic OH excluding ortho intramolecular Hbond substituents is 4.